The lowest BCUT2D eigenvalue weighted by molar-refractivity contribution is 0.0944. The van der Waals surface area contributed by atoms with E-state index in [1.807, 2.05) is 0 Å². The Bertz CT molecular complexity index is 650. The van der Waals surface area contributed by atoms with E-state index >= 15 is 0 Å². The van der Waals surface area contributed by atoms with Gasteiger partial charge in [0.05, 0.1) is 0 Å². The van der Waals surface area contributed by atoms with Crippen LogP contribution in [0.15, 0.2) is 35.1 Å². The molecule has 0 atom stereocenters. The topological polar surface area (TPSA) is 74.8 Å². The van der Waals surface area contributed by atoms with E-state index in [0.29, 0.717) is 0 Å². The quantitative estimate of drug-likeness (QED) is 0.868. The SMILES string of the molecule is O=C(NCc1ccc(F)cc1F)c1ccc(=O)[nH]n1. The minimum Gasteiger partial charge on any atom is -0.346 e. The zero-order valence-corrected chi connectivity index (χ0v) is 9.61. The molecule has 7 heteroatoms. The monoisotopic (exact) mass is 265 g/mol. The number of aromatic nitrogens is 2. The molecule has 0 radical (unpaired) electrons. The van der Waals surface area contributed by atoms with Crippen molar-refractivity contribution in [2.75, 3.05) is 0 Å². The molecule has 0 fully saturated rings. The number of carbonyl (C=O) groups is 1. The van der Waals surface area contributed by atoms with E-state index in [2.05, 4.69) is 15.5 Å². The van der Waals surface area contributed by atoms with Gasteiger partial charge in [-0.1, -0.05) is 6.07 Å². The summed E-state index contributed by atoms with van der Waals surface area (Å²) in [6, 6.07) is 5.48. The molecule has 0 aliphatic heterocycles. The second kappa shape index (κ2) is 5.38. The van der Waals surface area contributed by atoms with Crippen molar-refractivity contribution in [3.05, 3.63) is 63.6 Å². The molecule has 19 heavy (non-hydrogen) atoms. The number of amides is 1. The highest BCUT2D eigenvalue weighted by Gasteiger charge is 2.09. The number of nitrogens with zero attached hydrogens (tertiary/aromatic N) is 1. The highest BCUT2D eigenvalue weighted by molar-refractivity contribution is 5.91. The molecule has 98 valence electrons. The van der Waals surface area contributed by atoms with Crippen molar-refractivity contribution in [2.45, 2.75) is 6.54 Å². The van der Waals surface area contributed by atoms with E-state index in [1.165, 1.54) is 12.1 Å². The van der Waals surface area contributed by atoms with E-state index in [1.54, 1.807) is 0 Å². The number of aromatic amines is 1. The fraction of sp³-hybridized carbons (Fsp3) is 0.0833. The van der Waals surface area contributed by atoms with Crippen molar-refractivity contribution in [1.82, 2.24) is 15.5 Å². The van der Waals surface area contributed by atoms with Gasteiger partial charge in [-0.3, -0.25) is 9.59 Å². The van der Waals surface area contributed by atoms with E-state index in [4.69, 9.17) is 0 Å². The highest BCUT2D eigenvalue weighted by Crippen LogP contribution is 2.09. The Hall–Kier alpha value is -2.57. The van der Waals surface area contributed by atoms with Crippen molar-refractivity contribution in [3.8, 4) is 0 Å². The van der Waals surface area contributed by atoms with Gasteiger partial charge in [0.2, 0.25) is 0 Å². The molecule has 2 rings (SSSR count). The minimum absolute atomic E-state index is 0.00196. The fourth-order valence-corrected chi connectivity index (χ4v) is 1.40. The number of rotatable bonds is 3. The van der Waals surface area contributed by atoms with E-state index in [0.717, 1.165) is 18.2 Å². The first-order valence-corrected chi connectivity index (χ1v) is 5.34. The maximum atomic E-state index is 13.3. The zero-order valence-electron chi connectivity index (χ0n) is 9.61. The maximum absolute atomic E-state index is 13.3. The lowest BCUT2D eigenvalue weighted by Crippen LogP contribution is -2.25. The molecule has 1 amide bonds. The maximum Gasteiger partial charge on any atom is 0.271 e. The first-order valence-electron chi connectivity index (χ1n) is 5.34. The molecular weight excluding hydrogens is 256 g/mol. The normalized spacial score (nSPS) is 10.2. The largest absolute Gasteiger partial charge is 0.346 e. The lowest BCUT2D eigenvalue weighted by atomic mass is 10.2. The minimum atomic E-state index is -0.741. The Kier molecular flexibility index (Phi) is 3.65. The van der Waals surface area contributed by atoms with Crippen LogP contribution in [-0.4, -0.2) is 16.1 Å². The van der Waals surface area contributed by atoms with Crippen LogP contribution >= 0.6 is 0 Å². The Balaban J connectivity index is 2.04. The number of hydrogen-bond donors (Lipinski definition) is 2. The van der Waals surface area contributed by atoms with Crippen molar-refractivity contribution in [3.63, 3.8) is 0 Å². The van der Waals surface area contributed by atoms with Crippen LogP contribution in [0.4, 0.5) is 8.78 Å². The molecule has 5 nitrogen and oxygen atoms in total. The van der Waals surface area contributed by atoms with E-state index in [-0.39, 0.29) is 17.8 Å². The van der Waals surface area contributed by atoms with Crippen LogP contribution in [0.25, 0.3) is 0 Å². The summed E-state index contributed by atoms with van der Waals surface area (Å²) < 4.78 is 26.0. The molecule has 1 aromatic heterocycles. The van der Waals surface area contributed by atoms with Crippen molar-refractivity contribution >= 4 is 5.91 Å². The highest BCUT2D eigenvalue weighted by atomic mass is 19.1. The van der Waals surface area contributed by atoms with Crippen molar-refractivity contribution in [1.29, 1.82) is 0 Å². The van der Waals surface area contributed by atoms with Gasteiger partial charge in [-0.15, -0.1) is 0 Å². The second-order valence-corrected chi connectivity index (χ2v) is 3.72. The van der Waals surface area contributed by atoms with E-state index < -0.39 is 23.1 Å². The molecule has 0 bridgehead atoms. The van der Waals surface area contributed by atoms with Gasteiger partial charge in [0.25, 0.3) is 11.5 Å². The molecule has 1 aromatic carbocycles. The standard InChI is InChI=1S/C12H9F2N3O2/c13-8-2-1-7(9(14)5-8)6-15-12(19)10-3-4-11(18)17-16-10/h1-5H,6H2,(H,15,19)(H,17,18). The Labute approximate surface area is 106 Å². The van der Waals surface area contributed by atoms with Crippen LogP contribution in [-0.2, 0) is 6.54 Å². The summed E-state index contributed by atoms with van der Waals surface area (Å²) >= 11 is 0. The third-order valence-corrected chi connectivity index (χ3v) is 2.37. The molecule has 0 aliphatic carbocycles. The summed E-state index contributed by atoms with van der Waals surface area (Å²) in [5.41, 5.74) is -0.276. The molecule has 0 aliphatic rings. The summed E-state index contributed by atoms with van der Waals surface area (Å²) in [5.74, 6) is -2.00. The number of nitrogens with one attached hydrogen (secondary N) is 2. The average molecular weight is 265 g/mol. The van der Waals surface area contributed by atoms with Gasteiger partial charge in [0.15, 0.2) is 0 Å². The predicted molar refractivity (Wildman–Crippen MR) is 62.4 cm³/mol. The molecule has 0 unspecified atom stereocenters. The number of halogens is 2. The Morgan fingerprint density at radius 2 is 2.05 bits per heavy atom. The summed E-state index contributed by atoms with van der Waals surface area (Å²) in [4.78, 5) is 22.4. The second-order valence-electron chi connectivity index (χ2n) is 3.72. The summed E-state index contributed by atoms with van der Waals surface area (Å²) in [6.07, 6.45) is 0. The number of H-pyrrole nitrogens is 1. The molecular formula is C12H9F2N3O2. The van der Waals surface area contributed by atoms with Gasteiger partial charge in [0, 0.05) is 24.2 Å². The van der Waals surface area contributed by atoms with Gasteiger partial charge >= 0.3 is 0 Å². The first kappa shape index (κ1) is 12.9. The van der Waals surface area contributed by atoms with E-state index in [9.17, 15) is 18.4 Å². The molecule has 1 heterocycles. The van der Waals surface area contributed by atoms with Gasteiger partial charge in [-0.05, 0) is 12.1 Å². The predicted octanol–water partition coefficient (Wildman–Crippen LogP) is 0.978. The molecule has 0 spiro atoms. The Morgan fingerprint density at radius 3 is 2.68 bits per heavy atom. The van der Waals surface area contributed by atoms with Gasteiger partial charge < -0.3 is 5.32 Å². The summed E-state index contributed by atoms with van der Waals surface area (Å²) in [7, 11) is 0. The van der Waals surface area contributed by atoms with Crippen LogP contribution in [0.2, 0.25) is 0 Å². The molecule has 0 saturated heterocycles. The summed E-state index contributed by atoms with van der Waals surface area (Å²) in [5, 5.41) is 8.04. The van der Waals surface area contributed by atoms with Crippen molar-refractivity contribution < 1.29 is 13.6 Å². The smallest absolute Gasteiger partial charge is 0.271 e. The molecule has 2 N–H and O–H groups in total. The van der Waals surface area contributed by atoms with Crippen LogP contribution in [0.5, 0.6) is 0 Å². The van der Waals surface area contributed by atoms with Gasteiger partial charge in [0.1, 0.15) is 17.3 Å². The third-order valence-electron chi connectivity index (χ3n) is 2.37. The number of hydrogen-bond acceptors (Lipinski definition) is 3. The molecule has 2 aromatic rings. The average Bonchev–Trinajstić information content (AvgIpc) is 2.38. The fourth-order valence-electron chi connectivity index (χ4n) is 1.40. The molecule has 0 saturated carbocycles. The van der Waals surface area contributed by atoms with Gasteiger partial charge in [-0.25, -0.2) is 13.9 Å². The van der Waals surface area contributed by atoms with Crippen molar-refractivity contribution in [2.24, 2.45) is 0 Å². The lowest BCUT2D eigenvalue weighted by Gasteiger charge is -2.05. The summed E-state index contributed by atoms with van der Waals surface area (Å²) in [6.45, 7) is -0.105. The number of benzene rings is 1. The van der Waals surface area contributed by atoms with Crippen LogP contribution < -0.4 is 10.9 Å². The van der Waals surface area contributed by atoms with Crippen LogP contribution in [0.3, 0.4) is 0 Å². The van der Waals surface area contributed by atoms with Crippen LogP contribution in [0.1, 0.15) is 16.1 Å². The Morgan fingerprint density at radius 1 is 1.26 bits per heavy atom. The third kappa shape index (κ3) is 3.21. The van der Waals surface area contributed by atoms with Crippen LogP contribution in [0, 0.1) is 11.6 Å². The van der Waals surface area contributed by atoms with Gasteiger partial charge in [-0.2, -0.15) is 5.10 Å². The first-order chi connectivity index (χ1) is 9.06. The number of carbonyl (C=O) groups excluding carboxylic acids is 1. The zero-order chi connectivity index (χ0) is 13.8.